The van der Waals surface area contributed by atoms with Crippen LogP contribution < -0.4 is 17.2 Å². The van der Waals surface area contributed by atoms with Crippen LogP contribution in [0, 0.1) is 0 Å². The average Bonchev–Trinajstić information content (AvgIpc) is 2.47. The van der Waals surface area contributed by atoms with E-state index < -0.39 is 0 Å². The van der Waals surface area contributed by atoms with Crippen molar-refractivity contribution in [3.8, 4) is 0 Å². The fourth-order valence-electron chi connectivity index (χ4n) is 2.27. The maximum Gasteiger partial charge on any atom is 0.0110 e. The molecule has 0 spiro atoms. The quantitative estimate of drug-likeness (QED) is 0.320. The molecule has 0 rings (SSSR count). The highest BCUT2D eigenvalue weighted by molar-refractivity contribution is 4.66. The summed E-state index contributed by atoms with van der Waals surface area (Å²) in [6.45, 7) is 11.4. The van der Waals surface area contributed by atoms with Crippen LogP contribution in [-0.2, 0) is 0 Å². The summed E-state index contributed by atoms with van der Waals surface area (Å²) in [6.07, 6.45) is 0. The standard InChI is InChI=1S/C15H39N7/c1-19(7-4-16)10-13-22(14-11-20(2)8-5-17)15-12-21(3)9-6-18/h4-18H2,1-3H3. The summed E-state index contributed by atoms with van der Waals surface area (Å²) < 4.78 is 0. The lowest BCUT2D eigenvalue weighted by molar-refractivity contribution is 0.182. The zero-order valence-corrected chi connectivity index (χ0v) is 15.0. The van der Waals surface area contributed by atoms with Crippen LogP contribution in [0.15, 0.2) is 0 Å². The molecule has 0 atom stereocenters. The molecule has 134 valence electrons. The Morgan fingerprint density at radius 1 is 0.455 bits per heavy atom. The molecule has 0 aliphatic rings. The minimum atomic E-state index is 0.717. The van der Waals surface area contributed by atoms with E-state index in [0.717, 1.165) is 78.5 Å². The van der Waals surface area contributed by atoms with E-state index >= 15 is 0 Å². The fourth-order valence-corrected chi connectivity index (χ4v) is 2.27. The summed E-state index contributed by atoms with van der Waals surface area (Å²) in [6, 6.07) is 0. The molecule has 0 aromatic heterocycles. The molecule has 0 radical (unpaired) electrons. The first kappa shape index (κ1) is 21.7. The molecule has 22 heavy (non-hydrogen) atoms. The maximum absolute atomic E-state index is 5.61. The van der Waals surface area contributed by atoms with E-state index in [0.29, 0.717) is 0 Å². The predicted octanol–water partition coefficient (Wildman–Crippen LogP) is -2.04. The van der Waals surface area contributed by atoms with Crippen LogP contribution in [0.2, 0.25) is 0 Å². The molecule has 0 saturated heterocycles. The number of rotatable bonds is 15. The largest absolute Gasteiger partial charge is 0.329 e. The first-order chi connectivity index (χ1) is 10.5. The average molecular weight is 318 g/mol. The first-order valence-corrected chi connectivity index (χ1v) is 8.41. The number of nitrogens with zero attached hydrogens (tertiary/aromatic N) is 4. The lowest BCUT2D eigenvalue weighted by Crippen LogP contribution is -2.43. The Labute approximate surface area is 137 Å². The van der Waals surface area contributed by atoms with Crippen molar-refractivity contribution in [1.29, 1.82) is 0 Å². The molecule has 7 heteroatoms. The Morgan fingerprint density at radius 2 is 0.727 bits per heavy atom. The first-order valence-electron chi connectivity index (χ1n) is 8.41. The molecular formula is C15H39N7. The summed E-state index contributed by atoms with van der Waals surface area (Å²) >= 11 is 0. The highest BCUT2D eigenvalue weighted by Crippen LogP contribution is 1.94. The van der Waals surface area contributed by atoms with Crippen molar-refractivity contribution in [2.45, 2.75) is 0 Å². The van der Waals surface area contributed by atoms with Crippen molar-refractivity contribution in [2.75, 3.05) is 99.7 Å². The van der Waals surface area contributed by atoms with Gasteiger partial charge in [-0.1, -0.05) is 0 Å². The molecule has 0 heterocycles. The van der Waals surface area contributed by atoms with Crippen LogP contribution >= 0.6 is 0 Å². The minimum Gasteiger partial charge on any atom is -0.329 e. The van der Waals surface area contributed by atoms with E-state index in [9.17, 15) is 0 Å². The number of nitrogens with two attached hydrogens (primary N) is 3. The van der Waals surface area contributed by atoms with E-state index in [1.54, 1.807) is 0 Å². The van der Waals surface area contributed by atoms with Crippen molar-refractivity contribution >= 4 is 0 Å². The molecule has 0 amide bonds. The molecule has 0 unspecified atom stereocenters. The molecule has 6 N–H and O–H groups in total. The maximum atomic E-state index is 5.61. The second-order valence-corrected chi connectivity index (χ2v) is 6.12. The van der Waals surface area contributed by atoms with Gasteiger partial charge in [0, 0.05) is 78.5 Å². The van der Waals surface area contributed by atoms with Gasteiger partial charge in [0.25, 0.3) is 0 Å². The topological polar surface area (TPSA) is 91.0 Å². The van der Waals surface area contributed by atoms with Gasteiger partial charge in [-0.15, -0.1) is 0 Å². The Kier molecular flexibility index (Phi) is 14.1. The zero-order valence-electron chi connectivity index (χ0n) is 15.0. The third kappa shape index (κ3) is 12.3. The molecule has 7 nitrogen and oxygen atoms in total. The van der Waals surface area contributed by atoms with Gasteiger partial charge >= 0.3 is 0 Å². The SMILES string of the molecule is CN(CCN)CCN(CCN(C)CCN)CCN(C)CCN. The van der Waals surface area contributed by atoms with Crippen LogP contribution in [0.1, 0.15) is 0 Å². The predicted molar refractivity (Wildman–Crippen MR) is 96.1 cm³/mol. The summed E-state index contributed by atoms with van der Waals surface area (Å²) in [7, 11) is 6.39. The smallest absolute Gasteiger partial charge is 0.0110 e. The Morgan fingerprint density at radius 3 is 0.955 bits per heavy atom. The van der Waals surface area contributed by atoms with Crippen molar-refractivity contribution < 1.29 is 0 Å². The second-order valence-electron chi connectivity index (χ2n) is 6.12. The highest BCUT2D eigenvalue weighted by Gasteiger charge is 2.09. The summed E-state index contributed by atoms with van der Waals surface area (Å²) in [4.78, 5) is 9.40. The molecule has 0 saturated carbocycles. The summed E-state index contributed by atoms with van der Waals surface area (Å²) in [5, 5.41) is 0. The van der Waals surface area contributed by atoms with Crippen molar-refractivity contribution in [3.63, 3.8) is 0 Å². The van der Waals surface area contributed by atoms with Crippen LogP contribution in [0.5, 0.6) is 0 Å². The van der Waals surface area contributed by atoms with Crippen LogP contribution in [0.4, 0.5) is 0 Å². The number of likely N-dealkylation sites (N-methyl/N-ethyl adjacent to an activating group) is 3. The van der Waals surface area contributed by atoms with Gasteiger partial charge < -0.3 is 31.9 Å². The highest BCUT2D eigenvalue weighted by atomic mass is 15.2. The number of hydrogen-bond acceptors (Lipinski definition) is 7. The van der Waals surface area contributed by atoms with E-state index in [2.05, 4.69) is 40.7 Å². The van der Waals surface area contributed by atoms with E-state index in [1.807, 2.05) is 0 Å². The lowest BCUT2D eigenvalue weighted by Gasteiger charge is -2.29. The molecule has 0 aromatic rings. The van der Waals surface area contributed by atoms with Crippen LogP contribution in [0.3, 0.4) is 0 Å². The van der Waals surface area contributed by atoms with Crippen molar-refractivity contribution in [3.05, 3.63) is 0 Å². The zero-order chi connectivity index (χ0) is 16.8. The van der Waals surface area contributed by atoms with E-state index in [-0.39, 0.29) is 0 Å². The summed E-state index contributed by atoms with van der Waals surface area (Å²) in [5.41, 5.74) is 16.8. The Bertz CT molecular complexity index is 202. The van der Waals surface area contributed by atoms with Crippen LogP contribution in [-0.4, -0.2) is 119 Å². The van der Waals surface area contributed by atoms with Crippen molar-refractivity contribution in [2.24, 2.45) is 17.2 Å². The normalized spacial score (nSPS) is 12.3. The fraction of sp³-hybridized carbons (Fsp3) is 1.00. The lowest BCUT2D eigenvalue weighted by atomic mass is 10.3. The monoisotopic (exact) mass is 317 g/mol. The van der Waals surface area contributed by atoms with Gasteiger partial charge in [0.2, 0.25) is 0 Å². The van der Waals surface area contributed by atoms with Crippen LogP contribution in [0.25, 0.3) is 0 Å². The van der Waals surface area contributed by atoms with Gasteiger partial charge in [-0.05, 0) is 21.1 Å². The molecule has 0 bridgehead atoms. The molecule has 0 aromatic carbocycles. The van der Waals surface area contributed by atoms with Gasteiger partial charge in [-0.25, -0.2) is 0 Å². The van der Waals surface area contributed by atoms with Gasteiger partial charge in [-0.3, -0.25) is 4.90 Å². The molecule has 0 aliphatic carbocycles. The molecular weight excluding hydrogens is 278 g/mol. The molecule has 0 aliphatic heterocycles. The second kappa shape index (κ2) is 14.3. The third-order valence-electron chi connectivity index (χ3n) is 3.93. The Hall–Kier alpha value is -0.280. The Balaban J connectivity index is 4.17. The number of hydrogen-bond donors (Lipinski definition) is 3. The summed E-state index contributed by atoms with van der Waals surface area (Å²) in [5.74, 6) is 0. The van der Waals surface area contributed by atoms with Gasteiger partial charge in [0.1, 0.15) is 0 Å². The third-order valence-corrected chi connectivity index (χ3v) is 3.93. The van der Waals surface area contributed by atoms with Gasteiger partial charge in [0.05, 0.1) is 0 Å². The van der Waals surface area contributed by atoms with E-state index in [1.165, 1.54) is 0 Å². The van der Waals surface area contributed by atoms with Gasteiger partial charge in [0.15, 0.2) is 0 Å². The van der Waals surface area contributed by atoms with Crippen molar-refractivity contribution in [1.82, 2.24) is 19.6 Å². The minimum absolute atomic E-state index is 0.717. The van der Waals surface area contributed by atoms with E-state index in [4.69, 9.17) is 17.2 Å². The molecule has 0 fully saturated rings. The van der Waals surface area contributed by atoms with Gasteiger partial charge in [-0.2, -0.15) is 0 Å².